The van der Waals surface area contributed by atoms with Crippen LogP contribution in [0.1, 0.15) is 25.7 Å². The third-order valence-electron chi connectivity index (χ3n) is 4.33. The quantitative estimate of drug-likeness (QED) is 0.796. The van der Waals surface area contributed by atoms with Gasteiger partial charge in [-0.1, -0.05) is 49.2 Å². The van der Waals surface area contributed by atoms with Crippen molar-refractivity contribution >= 4 is 5.97 Å². The minimum atomic E-state index is -2.20. The average molecular weight is 328 g/mol. The number of carbonyl (C=O) groups is 1. The van der Waals surface area contributed by atoms with Gasteiger partial charge in [-0.05, 0) is 37.1 Å². The molecule has 3 rings (SSSR count). The van der Waals surface area contributed by atoms with Crippen LogP contribution in [-0.2, 0) is 4.79 Å². The summed E-state index contributed by atoms with van der Waals surface area (Å²) in [5, 5.41) is 21.0. The number of carboxylic acid groups (broad SMARTS) is 1. The molecule has 1 aliphatic carbocycles. The summed E-state index contributed by atoms with van der Waals surface area (Å²) in [7, 11) is 0. The van der Waals surface area contributed by atoms with E-state index < -0.39 is 17.4 Å². The molecule has 0 aliphatic heterocycles. The maximum absolute atomic E-state index is 12.2. The van der Waals surface area contributed by atoms with Crippen LogP contribution < -0.4 is 9.47 Å². The first-order valence-corrected chi connectivity index (χ1v) is 8.00. The highest BCUT2D eigenvalue weighted by Gasteiger charge is 2.63. The number of carboxylic acids is 1. The van der Waals surface area contributed by atoms with E-state index >= 15 is 0 Å². The van der Waals surface area contributed by atoms with E-state index in [2.05, 4.69) is 0 Å². The Labute approximate surface area is 140 Å². The van der Waals surface area contributed by atoms with Crippen LogP contribution in [0.5, 0.6) is 11.5 Å². The molecule has 0 saturated heterocycles. The summed E-state index contributed by atoms with van der Waals surface area (Å²) in [6.07, 6.45) is 2.06. The van der Waals surface area contributed by atoms with Gasteiger partial charge in [0.15, 0.2) is 5.60 Å². The lowest BCUT2D eigenvalue weighted by Gasteiger charge is -2.40. The summed E-state index contributed by atoms with van der Waals surface area (Å²) in [4.78, 5) is 12.2. The van der Waals surface area contributed by atoms with Crippen molar-refractivity contribution in [3.05, 3.63) is 60.7 Å². The predicted octanol–water partition coefficient (Wildman–Crippen LogP) is 3.23. The second-order valence-corrected chi connectivity index (χ2v) is 5.99. The van der Waals surface area contributed by atoms with Gasteiger partial charge in [-0.3, -0.25) is 0 Å². The van der Waals surface area contributed by atoms with Crippen LogP contribution in [0.15, 0.2) is 60.7 Å². The molecule has 0 radical (unpaired) electrons. The third kappa shape index (κ3) is 2.95. The van der Waals surface area contributed by atoms with Crippen molar-refractivity contribution in [2.24, 2.45) is 0 Å². The highest BCUT2D eigenvalue weighted by Crippen LogP contribution is 2.42. The fourth-order valence-corrected chi connectivity index (χ4v) is 3.10. The predicted molar refractivity (Wildman–Crippen MR) is 87.9 cm³/mol. The van der Waals surface area contributed by atoms with Crippen molar-refractivity contribution < 1.29 is 24.5 Å². The topological polar surface area (TPSA) is 76.0 Å². The Kier molecular flexibility index (Phi) is 4.44. The molecule has 0 spiro atoms. The van der Waals surface area contributed by atoms with Gasteiger partial charge in [0.25, 0.3) is 0 Å². The summed E-state index contributed by atoms with van der Waals surface area (Å²) in [5.41, 5.74) is -1.61. The van der Waals surface area contributed by atoms with Crippen LogP contribution in [0.3, 0.4) is 0 Å². The molecule has 0 amide bonds. The standard InChI is InChI=1S/C19H20O5/c20-17(21)19(18(22)13-7-8-14-18,23-15-9-3-1-4-10-15)24-16-11-5-2-6-12-16/h1-6,9-12,22H,7-8,13-14H2,(H,20,21). The molecule has 24 heavy (non-hydrogen) atoms. The van der Waals surface area contributed by atoms with Gasteiger partial charge in [0.2, 0.25) is 0 Å². The molecule has 126 valence electrons. The summed E-state index contributed by atoms with van der Waals surface area (Å²) in [6, 6.07) is 17.1. The van der Waals surface area contributed by atoms with E-state index in [0.717, 1.165) is 12.8 Å². The normalized spacial score (nSPS) is 16.5. The molecule has 0 bridgehead atoms. The van der Waals surface area contributed by atoms with Gasteiger partial charge in [0, 0.05) is 0 Å². The van der Waals surface area contributed by atoms with Gasteiger partial charge < -0.3 is 19.7 Å². The summed E-state index contributed by atoms with van der Waals surface area (Å²) < 4.78 is 11.6. The number of para-hydroxylation sites is 2. The number of ether oxygens (including phenoxy) is 2. The molecule has 0 heterocycles. The Morgan fingerprint density at radius 2 is 1.29 bits per heavy atom. The fourth-order valence-electron chi connectivity index (χ4n) is 3.10. The molecular formula is C19H20O5. The first-order valence-electron chi connectivity index (χ1n) is 8.00. The number of hydrogen-bond acceptors (Lipinski definition) is 4. The Bertz CT molecular complexity index is 636. The molecule has 1 fully saturated rings. The zero-order valence-corrected chi connectivity index (χ0v) is 13.2. The van der Waals surface area contributed by atoms with Crippen LogP contribution in [0.4, 0.5) is 0 Å². The Morgan fingerprint density at radius 1 is 0.875 bits per heavy atom. The van der Waals surface area contributed by atoms with Crippen LogP contribution in [0.2, 0.25) is 0 Å². The van der Waals surface area contributed by atoms with Crippen LogP contribution in [0, 0.1) is 0 Å². The van der Waals surface area contributed by atoms with Gasteiger partial charge >= 0.3 is 11.8 Å². The van der Waals surface area contributed by atoms with Gasteiger partial charge in [0.05, 0.1) is 0 Å². The molecule has 2 aromatic rings. The summed E-state index contributed by atoms with van der Waals surface area (Å²) in [6.45, 7) is 0. The first-order chi connectivity index (χ1) is 11.6. The molecular weight excluding hydrogens is 308 g/mol. The average Bonchev–Trinajstić information content (AvgIpc) is 3.04. The van der Waals surface area contributed by atoms with E-state index in [1.165, 1.54) is 0 Å². The number of hydrogen-bond donors (Lipinski definition) is 2. The third-order valence-corrected chi connectivity index (χ3v) is 4.33. The van der Waals surface area contributed by atoms with Crippen molar-refractivity contribution in [1.82, 2.24) is 0 Å². The van der Waals surface area contributed by atoms with Crippen molar-refractivity contribution in [3.8, 4) is 11.5 Å². The summed E-state index contributed by atoms with van der Waals surface area (Å²) in [5.74, 6) is -2.89. The summed E-state index contributed by atoms with van der Waals surface area (Å²) >= 11 is 0. The maximum atomic E-state index is 12.2. The molecule has 5 heteroatoms. The number of rotatable bonds is 6. The second kappa shape index (κ2) is 6.53. The molecule has 0 aromatic heterocycles. The van der Waals surface area contributed by atoms with E-state index in [1.54, 1.807) is 60.7 Å². The number of aliphatic carboxylic acids is 1. The largest absolute Gasteiger partial charge is 0.475 e. The highest BCUT2D eigenvalue weighted by molar-refractivity contribution is 5.78. The lowest BCUT2D eigenvalue weighted by atomic mass is 9.90. The lowest BCUT2D eigenvalue weighted by Crippen LogP contribution is -2.65. The number of aliphatic hydroxyl groups is 1. The van der Waals surface area contributed by atoms with E-state index in [1.807, 2.05) is 0 Å². The van der Waals surface area contributed by atoms with Gasteiger partial charge in [-0.15, -0.1) is 0 Å². The van der Waals surface area contributed by atoms with Crippen LogP contribution >= 0.6 is 0 Å². The smallest absolute Gasteiger partial charge is 0.393 e. The van der Waals surface area contributed by atoms with Crippen LogP contribution in [0.25, 0.3) is 0 Å². The number of benzene rings is 2. The van der Waals surface area contributed by atoms with Crippen LogP contribution in [-0.4, -0.2) is 27.6 Å². The molecule has 5 nitrogen and oxygen atoms in total. The molecule has 1 saturated carbocycles. The molecule has 1 aliphatic rings. The molecule has 0 atom stereocenters. The van der Waals surface area contributed by atoms with Gasteiger partial charge in [-0.25, -0.2) is 4.79 Å². The molecule has 2 aromatic carbocycles. The van der Waals surface area contributed by atoms with Crippen molar-refractivity contribution in [3.63, 3.8) is 0 Å². The van der Waals surface area contributed by atoms with Crippen molar-refractivity contribution in [2.75, 3.05) is 0 Å². The van der Waals surface area contributed by atoms with E-state index in [0.29, 0.717) is 24.3 Å². The fraction of sp³-hybridized carbons (Fsp3) is 0.316. The van der Waals surface area contributed by atoms with Crippen molar-refractivity contribution in [2.45, 2.75) is 37.1 Å². The monoisotopic (exact) mass is 328 g/mol. The zero-order valence-electron chi connectivity index (χ0n) is 13.2. The second-order valence-electron chi connectivity index (χ2n) is 5.99. The van der Waals surface area contributed by atoms with Crippen molar-refractivity contribution in [1.29, 1.82) is 0 Å². The minimum absolute atomic E-state index is 0.305. The highest BCUT2D eigenvalue weighted by atomic mass is 16.7. The van der Waals surface area contributed by atoms with Gasteiger partial charge in [0.1, 0.15) is 11.5 Å². The van der Waals surface area contributed by atoms with E-state index in [9.17, 15) is 15.0 Å². The Balaban J connectivity index is 2.04. The Hall–Kier alpha value is -2.53. The minimum Gasteiger partial charge on any atom is -0.475 e. The first kappa shape index (κ1) is 16.3. The van der Waals surface area contributed by atoms with E-state index in [4.69, 9.17) is 9.47 Å². The zero-order chi connectivity index (χ0) is 17.0. The van der Waals surface area contributed by atoms with E-state index in [-0.39, 0.29) is 0 Å². The lowest BCUT2D eigenvalue weighted by molar-refractivity contribution is -0.244. The Morgan fingerprint density at radius 3 is 1.67 bits per heavy atom. The molecule has 0 unspecified atom stereocenters. The van der Waals surface area contributed by atoms with Gasteiger partial charge in [-0.2, -0.15) is 0 Å². The SMILES string of the molecule is O=C(O)C(Oc1ccccc1)(Oc1ccccc1)C1(O)CCCC1. The maximum Gasteiger partial charge on any atom is 0.393 e. The molecule has 2 N–H and O–H groups in total.